The van der Waals surface area contributed by atoms with E-state index >= 15 is 0 Å². The van der Waals surface area contributed by atoms with Crippen LogP contribution < -0.4 is 0 Å². The molecule has 0 N–H and O–H groups in total. The third-order valence-electron chi connectivity index (χ3n) is 4.68. The van der Waals surface area contributed by atoms with E-state index in [0.717, 1.165) is 32.1 Å². The van der Waals surface area contributed by atoms with Gasteiger partial charge in [0.25, 0.3) is 0 Å². The molecule has 2 heteroatoms. The van der Waals surface area contributed by atoms with Gasteiger partial charge < -0.3 is 9.47 Å². The summed E-state index contributed by atoms with van der Waals surface area (Å²) in [4.78, 5) is 0. The van der Waals surface area contributed by atoms with E-state index in [1.165, 1.54) is 35.1 Å². The third-order valence-corrected chi connectivity index (χ3v) is 4.68. The van der Waals surface area contributed by atoms with Gasteiger partial charge >= 0.3 is 0 Å². The summed E-state index contributed by atoms with van der Waals surface area (Å²) in [5.74, 6) is 0. The third kappa shape index (κ3) is 18.3. The van der Waals surface area contributed by atoms with E-state index in [-0.39, 0.29) is 6.10 Å². The molecular formula is C26H46O2. The van der Waals surface area contributed by atoms with E-state index in [4.69, 9.17) is 9.47 Å². The van der Waals surface area contributed by atoms with Crippen LogP contribution in [0.5, 0.6) is 0 Å². The SMILES string of the molecule is CCCCC(COCC=C(C)CCC=C(C)C)OCC=C(C)CCC=C(C)C. The number of unbranched alkanes of at least 4 members (excludes halogenated alkanes) is 1. The van der Waals surface area contributed by atoms with E-state index in [0.29, 0.717) is 19.8 Å². The zero-order valence-electron chi connectivity index (χ0n) is 19.8. The van der Waals surface area contributed by atoms with Crippen LogP contribution in [0.4, 0.5) is 0 Å². The predicted molar refractivity (Wildman–Crippen MR) is 125 cm³/mol. The molecule has 0 aromatic carbocycles. The molecule has 162 valence electrons. The highest BCUT2D eigenvalue weighted by Crippen LogP contribution is 2.10. The molecule has 0 aromatic rings. The van der Waals surface area contributed by atoms with Gasteiger partial charge in [-0.15, -0.1) is 0 Å². The molecule has 0 bridgehead atoms. The van der Waals surface area contributed by atoms with Gasteiger partial charge in [-0.05, 0) is 73.6 Å². The van der Waals surface area contributed by atoms with Crippen LogP contribution in [0, 0.1) is 0 Å². The van der Waals surface area contributed by atoms with Gasteiger partial charge in [-0.2, -0.15) is 0 Å². The van der Waals surface area contributed by atoms with Crippen LogP contribution in [-0.4, -0.2) is 25.9 Å². The monoisotopic (exact) mass is 390 g/mol. The minimum absolute atomic E-state index is 0.196. The standard InChI is InChI=1S/C26H46O2/c1-8-9-16-26(28-20-18-25(7)15-11-13-23(4)5)21-27-19-17-24(6)14-10-12-22(2)3/h12-13,17-18,26H,8-11,14-16,19-21H2,1-7H3. The summed E-state index contributed by atoms with van der Waals surface area (Å²) in [6.45, 7) is 17.3. The van der Waals surface area contributed by atoms with E-state index in [9.17, 15) is 0 Å². The average Bonchev–Trinajstić information content (AvgIpc) is 2.62. The van der Waals surface area contributed by atoms with Gasteiger partial charge in [0.05, 0.1) is 25.9 Å². The Morgan fingerprint density at radius 1 is 0.750 bits per heavy atom. The van der Waals surface area contributed by atoms with Crippen molar-refractivity contribution in [3.63, 3.8) is 0 Å². The molecule has 0 aliphatic heterocycles. The van der Waals surface area contributed by atoms with Crippen molar-refractivity contribution in [2.24, 2.45) is 0 Å². The van der Waals surface area contributed by atoms with Gasteiger partial charge in [0.2, 0.25) is 0 Å². The lowest BCUT2D eigenvalue weighted by Crippen LogP contribution is -2.20. The molecule has 0 radical (unpaired) electrons. The van der Waals surface area contributed by atoms with Gasteiger partial charge in [-0.3, -0.25) is 0 Å². The predicted octanol–water partition coefficient (Wildman–Crippen LogP) is 7.96. The van der Waals surface area contributed by atoms with Crippen molar-refractivity contribution < 1.29 is 9.47 Å². The summed E-state index contributed by atoms with van der Waals surface area (Å²) in [6, 6.07) is 0. The maximum absolute atomic E-state index is 6.10. The molecule has 0 spiro atoms. The van der Waals surface area contributed by atoms with E-state index in [2.05, 4.69) is 72.8 Å². The Balaban J connectivity index is 4.22. The summed E-state index contributed by atoms with van der Waals surface area (Å²) in [5, 5.41) is 0. The number of rotatable bonds is 16. The minimum Gasteiger partial charge on any atom is -0.375 e. The first kappa shape index (κ1) is 26.9. The maximum atomic E-state index is 6.10. The average molecular weight is 391 g/mol. The zero-order valence-corrected chi connectivity index (χ0v) is 19.8. The molecular weight excluding hydrogens is 344 g/mol. The second-order valence-electron chi connectivity index (χ2n) is 8.38. The first-order valence-electron chi connectivity index (χ1n) is 11.1. The van der Waals surface area contributed by atoms with Crippen molar-refractivity contribution in [3.8, 4) is 0 Å². The Morgan fingerprint density at radius 2 is 1.29 bits per heavy atom. The molecule has 0 saturated heterocycles. The minimum atomic E-state index is 0.196. The molecule has 0 aromatic heterocycles. The summed E-state index contributed by atoms with van der Waals surface area (Å²) in [5.41, 5.74) is 5.59. The first-order valence-corrected chi connectivity index (χ1v) is 11.1. The lowest BCUT2D eigenvalue weighted by Gasteiger charge is -2.17. The molecule has 28 heavy (non-hydrogen) atoms. The van der Waals surface area contributed by atoms with Crippen LogP contribution >= 0.6 is 0 Å². The highest BCUT2D eigenvalue weighted by molar-refractivity contribution is 5.03. The largest absolute Gasteiger partial charge is 0.375 e. The van der Waals surface area contributed by atoms with Crippen molar-refractivity contribution in [3.05, 3.63) is 46.6 Å². The molecule has 0 amide bonds. The second-order valence-corrected chi connectivity index (χ2v) is 8.38. The molecule has 0 aliphatic rings. The number of ether oxygens (including phenoxy) is 2. The molecule has 2 nitrogen and oxygen atoms in total. The Kier molecular flexibility index (Phi) is 17.2. The molecule has 0 aliphatic carbocycles. The summed E-state index contributed by atoms with van der Waals surface area (Å²) < 4.78 is 12.0. The number of hydrogen-bond donors (Lipinski definition) is 0. The van der Waals surface area contributed by atoms with E-state index < -0.39 is 0 Å². The Labute approximate surface area is 175 Å². The second kappa shape index (κ2) is 17.9. The van der Waals surface area contributed by atoms with Gasteiger partial charge in [0.15, 0.2) is 0 Å². The summed E-state index contributed by atoms with van der Waals surface area (Å²) >= 11 is 0. The number of allylic oxidation sites excluding steroid dienone is 6. The van der Waals surface area contributed by atoms with Crippen molar-refractivity contribution in [1.82, 2.24) is 0 Å². The fourth-order valence-corrected chi connectivity index (χ4v) is 2.75. The smallest absolute Gasteiger partial charge is 0.0812 e. The fraction of sp³-hybridized carbons (Fsp3) is 0.692. The first-order chi connectivity index (χ1) is 13.3. The highest BCUT2D eigenvalue weighted by atomic mass is 16.5. The highest BCUT2D eigenvalue weighted by Gasteiger charge is 2.08. The summed E-state index contributed by atoms with van der Waals surface area (Å²) in [6.07, 6.45) is 17.1. The summed E-state index contributed by atoms with van der Waals surface area (Å²) in [7, 11) is 0. The fourth-order valence-electron chi connectivity index (χ4n) is 2.75. The van der Waals surface area contributed by atoms with Crippen LogP contribution in [0.3, 0.4) is 0 Å². The lowest BCUT2D eigenvalue weighted by atomic mass is 10.1. The van der Waals surface area contributed by atoms with Gasteiger partial charge in [0, 0.05) is 0 Å². The molecule has 0 fully saturated rings. The number of hydrogen-bond acceptors (Lipinski definition) is 2. The van der Waals surface area contributed by atoms with E-state index in [1.54, 1.807) is 0 Å². The zero-order chi connectivity index (χ0) is 21.2. The van der Waals surface area contributed by atoms with Gasteiger partial charge in [0.1, 0.15) is 0 Å². The van der Waals surface area contributed by atoms with Crippen LogP contribution in [0.1, 0.15) is 93.4 Å². The van der Waals surface area contributed by atoms with E-state index in [1.807, 2.05) is 0 Å². The normalized spacial score (nSPS) is 13.4. The van der Waals surface area contributed by atoms with Crippen molar-refractivity contribution in [2.75, 3.05) is 19.8 Å². The molecule has 0 saturated carbocycles. The molecule has 1 unspecified atom stereocenters. The molecule has 0 heterocycles. The molecule has 1 atom stereocenters. The van der Waals surface area contributed by atoms with Gasteiger partial charge in [-0.1, -0.05) is 66.4 Å². The van der Waals surface area contributed by atoms with Crippen LogP contribution in [0.15, 0.2) is 46.6 Å². The van der Waals surface area contributed by atoms with Crippen molar-refractivity contribution in [2.45, 2.75) is 99.5 Å². The van der Waals surface area contributed by atoms with Crippen LogP contribution in [0.25, 0.3) is 0 Å². The van der Waals surface area contributed by atoms with Crippen molar-refractivity contribution in [1.29, 1.82) is 0 Å². The maximum Gasteiger partial charge on any atom is 0.0812 e. The van der Waals surface area contributed by atoms with Crippen LogP contribution in [-0.2, 0) is 9.47 Å². The van der Waals surface area contributed by atoms with Crippen molar-refractivity contribution >= 4 is 0 Å². The Morgan fingerprint density at radius 3 is 1.79 bits per heavy atom. The van der Waals surface area contributed by atoms with Gasteiger partial charge in [-0.25, -0.2) is 0 Å². The lowest BCUT2D eigenvalue weighted by molar-refractivity contribution is -0.00363. The molecule has 0 rings (SSSR count). The quantitative estimate of drug-likeness (QED) is 0.196. The van der Waals surface area contributed by atoms with Crippen LogP contribution in [0.2, 0.25) is 0 Å². The Hall–Kier alpha value is -1.12. The Bertz CT molecular complexity index is 501. The topological polar surface area (TPSA) is 18.5 Å².